The predicted molar refractivity (Wildman–Crippen MR) is 127 cm³/mol. The summed E-state index contributed by atoms with van der Waals surface area (Å²) in [5.74, 6) is -0.124. The van der Waals surface area contributed by atoms with E-state index < -0.39 is 5.91 Å². The van der Waals surface area contributed by atoms with Crippen molar-refractivity contribution >= 4 is 23.4 Å². The predicted octanol–water partition coefficient (Wildman–Crippen LogP) is 2.84. The number of benzene rings is 1. The van der Waals surface area contributed by atoms with E-state index in [4.69, 9.17) is 21.1 Å². The number of phenolic OH excluding ortho intramolecular Hbond substituents is 1. The third-order valence-corrected chi connectivity index (χ3v) is 6.96. The average molecular weight is 482 g/mol. The molecule has 0 saturated carbocycles. The number of aromatic hydroxyl groups is 1. The second-order valence-electron chi connectivity index (χ2n) is 8.76. The molecule has 1 aromatic carbocycles. The lowest BCUT2D eigenvalue weighted by atomic mass is 9.99. The van der Waals surface area contributed by atoms with Gasteiger partial charge >= 0.3 is 0 Å². The highest BCUT2D eigenvalue weighted by Gasteiger charge is 2.32. The number of likely N-dealkylation sites (tertiary alicyclic amines) is 2. The standard InChI is InChI=1S/C24H36ClN3O5/c1-4-16-14-17(25)23(33-3)21(22(16)30)24(31)26-18-9-13-27(15-19(18)32-2)10-7-8-20(29)28-11-5-6-12-28/h14,18-19,30H,4-13,15H2,1-3H3,(H,26,31)/t18-,19+/m1/s1. The van der Waals surface area contributed by atoms with Crippen LogP contribution in [0.25, 0.3) is 0 Å². The first-order chi connectivity index (χ1) is 15.9. The Bertz CT molecular complexity index is 844. The molecule has 2 heterocycles. The summed E-state index contributed by atoms with van der Waals surface area (Å²) in [6, 6.07) is 1.41. The Balaban J connectivity index is 1.58. The minimum atomic E-state index is -0.432. The second kappa shape index (κ2) is 11.9. The van der Waals surface area contributed by atoms with Gasteiger partial charge in [0.2, 0.25) is 5.91 Å². The number of methoxy groups -OCH3 is 2. The quantitative estimate of drug-likeness (QED) is 0.563. The highest BCUT2D eigenvalue weighted by atomic mass is 35.5. The van der Waals surface area contributed by atoms with Gasteiger partial charge in [0.15, 0.2) is 5.75 Å². The molecule has 2 atom stereocenters. The Kier molecular flexibility index (Phi) is 9.23. The zero-order valence-electron chi connectivity index (χ0n) is 19.9. The van der Waals surface area contributed by atoms with Crippen LogP contribution >= 0.6 is 11.6 Å². The summed E-state index contributed by atoms with van der Waals surface area (Å²) >= 11 is 6.29. The molecule has 1 aromatic rings. The molecular weight excluding hydrogens is 446 g/mol. The van der Waals surface area contributed by atoms with Gasteiger partial charge in [-0.2, -0.15) is 0 Å². The van der Waals surface area contributed by atoms with Gasteiger partial charge in [-0.1, -0.05) is 18.5 Å². The number of nitrogens with one attached hydrogen (secondary N) is 1. The molecule has 0 radical (unpaired) electrons. The fourth-order valence-corrected chi connectivity index (χ4v) is 5.06. The van der Waals surface area contributed by atoms with Crippen LogP contribution in [-0.2, 0) is 16.0 Å². The Morgan fingerprint density at radius 1 is 1.24 bits per heavy atom. The van der Waals surface area contributed by atoms with Crippen LogP contribution in [0.2, 0.25) is 5.02 Å². The van der Waals surface area contributed by atoms with Crippen molar-refractivity contribution in [2.45, 2.75) is 57.6 Å². The van der Waals surface area contributed by atoms with E-state index in [2.05, 4.69) is 10.2 Å². The van der Waals surface area contributed by atoms with Crippen molar-refractivity contribution in [2.24, 2.45) is 0 Å². The molecule has 33 heavy (non-hydrogen) atoms. The molecule has 3 rings (SSSR count). The van der Waals surface area contributed by atoms with Crippen molar-refractivity contribution in [3.05, 3.63) is 22.2 Å². The van der Waals surface area contributed by atoms with E-state index in [0.717, 1.165) is 45.4 Å². The van der Waals surface area contributed by atoms with Crippen LogP contribution in [0.3, 0.4) is 0 Å². The highest BCUT2D eigenvalue weighted by molar-refractivity contribution is 6.33. The molecule has 2 fully saturated rings. The van der Waals surface area contributed by atoms with Gasteiger partial charge in [-0.3, -0.25) is 9.59 Å². The van der Waals surface area contributed by atoms with Crippen LogP contribution in [-0.4, -0.2) is 85.8 Å². The Morgan fingerprint density at radius 2 is 1.97 bits per heavy atom. The number of phenols is 1. The molecule has 0 aromatic heterocycles. The van der Waals surface area contributed by atoms with E-state index in [1.807, 2.05) is 11.8 Å². The van der Waals surface area contributed by atoms with E-state index in [-0.39, 0.29) is 35.1 Å². The van der Waals surface area contributed by atoms with Gasteiger partial charge < -0.3 is 29.7 Å². The lowest BCUT2D eigenvalue weighted by Gasteiger charge is -2.38. The number of halogens is 1. The molecule has 0 bridgehead atoms. The number of hydrogen-bond donors (Lipinski definition) is 2. The van der Waals surface area contributed by atoms with Crippen LogP contribution in [0.1, 0.15) is 54.9 Å². The Morgan fingerprint density at radius 3 is 2.61 bits per heavy atom. The van der Waals surface area contributed by atoms with Crippen molar-refractivity contribution in [2.75, 3.05) is 46.9 Å². The van der Waals surface area contributed by atoms with Crippen molar-refractivity contribution < 1.29 is 24.2 Å². The molecule has 2 saturated heterocycles. The fourth-order valence-electron chi connectivity index (χ4n) is 4.76. The largest absolute Gasteiger partial charge is 0.507 e. The van der Waals surface area contributed by atoms with E-state index in [0.29, 0.717) is 36.4 Å². The lowest BCUT2D eigenvalue weighted by Crippen LogP contribution is -2.55. The Labute approximate surface area is 201 Å². The highest BCUT2D eigenvalue weighted by Crippen LogP contribution is 2.38. The zero-order chi connectivity index (χ0) is 24.0. The number of amides is 2. The van der Waals surface area contributed by atoms with Crippen LogP contribution in [0.5, 0.6) is 11.5 Å². The van der Waals surface area contributed by atoms with Crippen molar-refractivity contribution in [3.63, 3.8) is 0 Å². The van der Waals surface area contributed by atoms with Crippen LogP contribution < -0.4 is 10.1 Å². The SMILES string of the molecule is CCc1cc(Cl)c(OC)c(C(=O)N[C@@H]2CCN(CCCC(=O)N3CCCC3)C[C@@H]2OC)c1O. The molecule has 0 aliphatic carbocycles. The molecule has 0 unspecified atom stereocenters. The molecule has 184 valence electrons. The lowest BCUT2D eigenvalue weighted by molar-refractivity contribution is -0.130. The third-order valence-electron chi connectivity index (χ3n) is 6.68. The van der Waals surface area contributed by atoms with E-state index >= 15 is 0 Å². The average Bonchev–Trinajstić information content (AvgIpc) is 3.35. The molecular formula is C24H36ClN3O5. The number of hydrogen-bond acceptors (Lipinski definition) is 6. The zero-order valence-corrected chi connectivity index (χ0v) is 20.6. The van der Waals surface area contributed by atoms with E-state index in [9.17, 15) is 14.7 Å². The number of aryl methyl sites for hydroxylation is 1. The summed E-state index contributed by atoms with van der Waals surface area (Å²) in [4.78, 5) is 29.6. The summed E-state index contributed by atoms with van der Waals surface area (Å²) in [5.41, 5.74) is 0.645. The number of nitrogens with zero attached hydrogens (tertiary/aromatic N) is 2. The van der Waals surface area contributed by atoms with Gasteiger partial charge in [0, 0.05) is 39.7 Å². The smallest absolute Gasteiger partial charge is 0.259 e. The molecule has 9 heteroatoms. The summed E-state index contributed by atoms with van der Waals surface area (Å²) in [6.45, 7) is 5.95. The number of carbonyl (C=O) groups is 2. The maximum absolute atomic E-state index is 13.1. The van der Waals surface area contributed by atoms with Crippen molar-refractivity contribution in [3.8, 4) is 11.5 Å². The third kappa shape index (κ3) is 6.11. The van der Waals surface area contributed by atoms with Gasteiger partial charge in [-0.05, 0) is 50.3 Å². The monoisotopic (exact) mass is 481 g/mol. The number of rotatable bonds is 9. The number of piperidine rings is 1. The summed E-state index contributed by atoms with van der Waals surface area (Å²) in [7, 11) is 3.06. The van der Waals surface area contributed by atoms with Gasteiger partial charge in [0.1, 0.15) is 11.3 Å². The minimum absolute atomic E-state index is 0.0551. The molecule has 2 aliphatic heterocycles. The van der Waals surface area contributed by atoms with Gasteiger partial charge in [0.25, 0.3) is 5.91 Å². The minimum Gasteiger partial charge on any atom is -0.507 e. The van der Waals surface area contributed by atoms with Crippen LogP contribution in [0.15, 0.2) is 6.07 Å². The molecule has 2 N–H and O–H groups in total. The van der Waals surface area contributed by atoms with Gasteiger partial charge in [-0.15, -0.1) is 0 Å². The molecule has 8 nitrogen and oxygen atoms in total. The number of carbonyl (C=O) groups excluding carboxylic acids is 2. The van der Waals surface area contributed by atoms with E-state index in [1.165, 1.54) is 7.11 Å². The first-order valence-electron chi connectivity index (χ1n) is 11.8. The molecule has 2 amide bonds. The summed E-state index contributed by atoms with van der Waals surface area (Å²) < 4.78 is 11.0. The number of ether oxygens (including phenoxy) is 2. The first-order valence-corrected chi connectivity index (χ1v) is 12.2. The topological polar surface area (TPSA) is 91.3 Å². The molecule has 0 spiro atoms. The van der Waals surface area contributed by atoms with Gasteiger partial charge in [0.05, 0.1) is 24.3 Å². The molecule has 2 aliphatic rings. The van der Waals surface area contributed by atoms with Gasteiger partial charge in [-0.25, -0.2) is 0 Å². The normalized spacial score (nSPS) is 21.3. The van der Waals surface area contributed by atoms with Crippen LogP contribution in [0.4, 0.5) is 0 Å². The summed E-state index contributed by atoms with van der Waals surface area (Å²) in [6.07, 6.45) is 4.65. The maximum atomic E-state index is 13.1. The Hall–Kier alpha value is -2.03. The van der Waals surface area contributed by atoms with Crippen molar-refractivity contribution in [1.29, 1.82) is 0 Å². The second-order valence-corrected chi connectivity index (χ2v) is 9.17. The van der Waals surface area contributed by atoms with E-state index in [1.54, 1.807) is 13.2 Å². The first kappa shape index (κ1) is 25.6. The fraction of sp³-hybridized carbons (Fsp3) is 0.667. The summed E-state index contributed by atoms with van der Waals surface area (Å²) in [5, 5.41) is 13.9. The van der Waals surface area contributed by atoms with Crippen LogP contribution in [0, 0.1) is 0 Å². The van der Waals surface area contributed by atoms with Crippen molar-refractivity contribution in [1.82, 2.24) is 15.1 Å². The maximum Gasteiger partial charge on any atom is 0.259 e.